The Labute approximate surface area is 155 Å². The van der Waals surface area contributed by atoms with Crippen molar-refractivity contribution in [3.05, 3.63) is 63.6 Å². The summed E-state index contributed by atoms with van der Waals surface area (Å²) in [7, 11) is 0. The van der Waals surface area contributed by atoms with Crippen LogP contribution in [0.15, 0.2) is 46.9 Å². The highest BCUT2D eigenvalue weighted by molar-refractivity contribution is 9.10. The van der Waals surface area contributed by atoms with Crippen molar-refractivity contribution in [1.82, 2.24) is 10.4 Å². The third-order valence-electron chi connectivity index (χ3n) is 4.18. The Morgan fingerprint density at radius 3 is 2.52 bits per heavy atom. The van der Waals surface area contributed by atoms with Gasteiger partial charge in [0.1, 0.15) is 6.17 Å². The normalized spacial score (nSPS) is 16.4. The molecule has 1 atom stereocenters. The summed E-state index contributed by atoms with van der Waals surface area (Å²) < 4.78 is 0.814. The van der Waals surface area contributed by atoms with Crippen LogP contribution in [0, 0.1) is 12.8 Å². The van der Waals surface area contributed by atoms with E-state index in [-0.39, 0.29) is 23.9 Å². The second-order valence-corrected chi connectivity index (χ2v) is 7.42. The van der Waals surface area contributed by atoms with Crippen molar-refractivity contribution in [3.63, 3.8) is 0 Å². The predicted octanol–water partition coefficient (Wildman–Crippen LogP) is 3.95. The van der Waals surface area contributed by atoms with Gasteiger partial charge in [0.2, 0.25) is 0 Å². The first-order valence-corrected chi connectivity index (χ1v) is 8.93. The number of hydrazine groups is 1. The van der Waals surface area contributed by atoms with Gasteiger partial charge in [0.25, 0.3) is 11.8 Å². The lowest BCUT2D eigenvalue weighted by Crippen LogP contribution is -2.59. The van der Waals surface area contributed by atoms with E-state index in [0.717, 1.165) is 15.7 Å². The lowest BCUT2D eigenvalue weighted by Gasteiger charge is -2.39. The van der Waals surface area contributed by atoms with Crippen molar-refractivity contribution in [2.24, 2.45) is 5.92 Å². The monoisotopic (exact) mass is 401 g/mol. The summed E-state index contributed by atoms with van der Waals surface area (Å²) in [5.74, 6) is -0.424. The fraction of sp³-hybridized carbons (Fsp3) is 0.263. The highest BCUT2D eigenvalue weighted by atomic mass is 79.9. The van der Waals surface area contributed by atoms with Crippen molar-refractivity contribution < 1.29 is 9.59 Å². The number of nitrogens with one attached hydrogen (secondary N) is 2. The Kier molecular flexibility index (Phi) is 4.81. The van der Waals surface area contributed by atoms with E-state index in [2.05, 4.69) is 26.7 Å². The van der Waals surface area contributed by atoms with Crippen LogP contribution in [0.3, 0.4) is 0 Å². The average Bonchev–Trinajstić information content (AvgIpc) is 2.58. The lowest BCUT2D eigenvalue weighted by molar-refractivity contribution is 0.0438. The van der Waals surface area contributed by atoms with E-state index in [1.165, 1.54) is 5.01 Å². The van der Waals surface area contributed by atoms with E-state index < -0.39 is 0 Å². The van der Waals surface area contributed by atoms with Gasteiger partial charge in [0, 0.05) is 15.7 Å². The molecule has 2 aromatic rings. The summed E-state index contributed by atoms with van der Waals surface area (Å²) in [5, 5.41) is 4.73. The van der Waals surface area contributed by atoms with Gasteiger partial charge in [-0.15, -0.1) is 0 Å². The van der Waals surface area contributed by atoms with Gasteiger partial charge < -0.3 is 5.32 Å². The van der Waals surface area contributed by atoms with Crippen LogP contribution in [-0.2, 0) is 0 Å². The van der Waals surface area contributed by atoms with Crippen LogP contribution in [0.1, 0.15) is 40.1 Å². The van der Waals surface area contributed by atoms with Gasteiger partial charge in [-0.1, -0.05) is 47.5 Å². The molecule has 25 heavy (non-hydrogen) atoms. The van der Waals surface area contributed by atoms with E-state index in [9.17, 15) is 9.59 Å². The van der Waals surface area contributed by atoms with E-state index in [0.29, 0.717) is 11.1 Å². The molecule has 6 heteroatoms. The number of anilines is 1. The molecular weight excluding hydrogens is 382 g/mol. The first-order valence-electron chi connectivity index (χ1n) is 8.14. The molecule has 130 valence electrons. The molecule has 1 heterocycles. The van der Waals surface area contributed by atoms with Gasteiger partial charge in [0.05, 0.1) is 5.56 Å². The zero-order valence-electron chi connectivity index (χ0n) is 14.3. The Balaban J connectivity index is 1.91. The van der Waals surface area contributed by atoms with Crippen LogP contribution >= 0.6 is 15.9 Å². The number of hydrogen-bond donors (Lipinski definition) is 2. The van der Waals surface area contributed by atoms with Crippen molar-refractivity contribution in [3.8, 4) is 0 Å². The van der Waals surface area contributed by atoms with Crippen LogP contribution in [0.5, 0.6) is 0 Å². The molecule has 0 bridgehead atoms. The molecule has 0 aliphatic carbocycles. The van der Waals surface area contributed by atoms with Crippen LogP contribution in [0.4, 0.5) is 5.69 Å². The van der Waals surface area contributed by atoms with E-state index in [1.807, 2.05) is 45.0 Å². The highest BCUT2D eigenvalue weighted by Gasteiger charge is 2.35. The molecule has 0 fully saturated rings. The number of nitrogens with zero attached hydrogens (tertiary/aromatic N) is 1. The third kappa shape index (κ3) is 3.54. The zero-order chi connectivity index (χ0) is 18.1. The van der Waals surface area contributed by atoms with Crippen LogP contribution < -0.4 is 10.7 Å². The lowest BCUT2D eigenvalue weighted by atomic mass is 10.0. The van der Waals surface area contributed by atoms with Crippen molar-refractivity contribution in [2.45, 2.75) is 26.9 Å². The summed E-state index contributed by atoms with van der Waals surface area (Å²) in [6, 6.07) is 12.8. The number of amides is 2. The Bertz CT molecular complexity index is 818. The van der Waals surface area contributed by atoms with Crippen molar-refractivity contribution in [2.75, 3.05) is 5.32 Å². The molecule has 0 radical (unpaired) electrons. The molecule has 5 nitrogen and oxygen atoms in total. The number of carbonyl (C=O) groups is 2. The van der Waals surface area contributed by atoms with Crippen molar-refractivity contribution in [1.29, 1.82) is 0 Å². The molecule has 3 rings (SSSR count). The molecule has 2 N–H and O–H groups in total. The number of fused-ring (bicyclic) bond motifs is 1. The molecule has 2 aromatic carbocycles. The van der Waals surface area contributed by atoms with Gasteiger partial charge in [-0.3, -0.25) is 15.0 Å². The maximum Gasteiger partial charge on any atom is 0.276 e. The number of carbonyl (C=O) groups excluding carboxylic acids is 2. The van der Waals surface area contributed by atoms with Gasteiger partial charge in [-0.2, -0.15) is 0 Å². The maximum atomic E-state index is 13.0. The number of hydrogen-bond acceptors (Lipinski definition) is 3. The fourth-order valence-electron chi connectivity index (χ4n) is 2.76. The van der Waals surface area contributed by atoms with Gasteiger partial charge >= 0.3 is 0 Å². The zero-order valence-corrected chi connectivity index (χ0v) is 15.9. The third-order valence-corrected chi connectivity index (χ3v) is 4.67. The number of aryl methyl sites for hydroxylation is 1. The van der Waals surface area contributed by atoms with E-state index in [4.69, 9.17) is 0 Å². The fourth-order valence-corrected chi connectivity index (χ4v) is 3.12. The maximum absolute atomic E-state index is 13.0. The average molecular weight is 402 g/mol. The summed E-state index contributed by atoms with van der Waals surface area (Å²) in [5.41, 5.74) is 5.65. The SMILES string of the molecule is Cc1ccc(C(=O)NN2C(=O)c3cc(Br)ccc3NC2C(C)C)cc1. The number of benzene rings is 2. The first-order chi connectivity index (χ1) is 11.9. The summed E-state index contributed by atoms with van der Waals surface area (Å²) in [6.45, 7) is 5.96. The van der Waals surface area contributed by atoms with Crippen LogP contribution in [-0.4, -0.2) is 23.0 Å². The first kappa shape index (κ1) is 17.5. The Morgan fingerprint density at radius 2 is 1.88 bits per heavy atom. The van der Waals surface area contributed by atoms with E-state index in [1.54, 1.807) is 18.2 Å². The minimum atomic E-state index is -0.324. The largest absolute Gasteiger partial charge is 0.363 e. The van der Waals surface area contributed by atoms with Crippen LogP contribution in [0.25, 0.3) is 0 Å². The molecule has 1 aliphatic heterocycles. The highest BCUT2D eigenvalue weighted by Crippen LogP contribution is 2.29. The van der Waals surface area contributed by atoms with Gasteiger partial charge in [0.15, 0.2) is 0 Å². The molecule has 0 spiro atoms. The summed E-state index contributed by atoms with van der Waals surface area (Å²) >= 11 is 3.39. The minimum Gasteiger partial charge on any atom is -0.363 e. The Hall–Kier alpha value is -2.34. The molecule has 0 saturated heterocycles. The van der Waals surface area contributed by atoms with Crippen LogP contribution in [0.2, 0.25) is 0 Å². The topological polar surface area (TPSA) is 61.4 Å². The molecule has 1 unspecified atom stereocenters. The second kappa shape index (κ2) is 6.88. The molecule has 0 aromatic heterocycles. The number of rotatable bonds is 3. The summed E-state index contributed by atoms with van der Waals surface area (Å²) in [4.78, 5) is 25.5. The smallest absolute Gasteiger partial charge is 0.276 e. The minimum absolute atomic E-state index is 0.110. The predicted molar refractivity (Wildman–Crippen MR) is 101 cm³/mol. The molecule has 2 amide bonds. The van der Waals surface area contributed by atoms with Gasteiger partial charge in [-0.25, -0.2) is 5.01 Å². The Morgan fingerprint density at radius 1 is 1.20 bits per heavy atom. The molecule has 0 saturated carbocycles. The second-order valence-electron chi connectivity index (χ2n) is 6.51. The standard InChI is InChI=1S/C19H20BrN3O2/c1-11(2)17-21-16-9-8-14(20)10-15(16)19(25)23(17)22-18(24)13-6-4-12(3)5-7-13/h4-11,17,21H,1-3H3,(H,22,24). The molecular formula is C19H20BrN3O2. The summed E-state index contributed by atoms with van der Waals surface area (Å²) in [6.07, 6.45) is -0.324. The van der Waals surface area contributed by atoms with E-state index >= 15 is 0 Å². The number of halogens is 1. The van der Waals surface area contributed by atoms with Gasteiger partial charge in [-0.05, 0) is 43.2 Å². The van der Waals surface area contributed by atoms with Crippen molar-refractivity contribution >= 4 is 33.4 Å². The molecule has 1 aliphatic rings. The quantitative estimate of drug-likeness (QED) is 0.818.